The topological polar surface area (TPSA) is 49.4 Å². The standard InChI is InChI=1S/C15H30N2O2S/c1-2-10-16-11-6-13-20(18,19)17-12-5-9-15(17)14-7-3-4-8-14/h14-16H,2-13H2,1H3. The normalized spacial score (nSPS) is 25.6. The molecule has 0 aromatic carbocycles. The fourth-order valence-corrected chi connectivity index (χ4v) is 5.56. The minimum atomic E-state index is -3.04. The Hall–Kier alpha value is -0.130. The largest absolute Gasteiger partial charge is 0.317 e. The summed E-state index contributed by atoms with van der Waals surface area (Å²) in [6, 6.07) is 0.311. The van der Waals surface area contributed by atoms with Crippen molar-refractivity contribution in [3.8, 4) is 0 Å². The highest BCUT2D eigenvalue weighted by atomic mass is 32.2. The Morgan fingerprint density at radius 1 is 1.10 bits per heavy atom. The summed E-state index contributed by atoms with van der Waals surface area (Å²) in [6.07, 6.45) is 9.00. The van der Waals surface area contributed by atoms with E-state index in [1.54, 1.807) is 0 Å². The van der Waals surface area contributed by atoms with Crippen LogP contribution < -0.4 is 5.32 Å². The van der Waals surface area contributed by atoms with Gasteiger partial charge in [-0.05, 0) is 57.5 Å². The number of hydrogen-bond donors (Lipinski definition) is 1. The molecule has 2 fully saturated rings. The molecule has 0 amide bonds. The highest BCUT2D eigenvalue weighted by Gasteiger charge is 2.39. The van der Waals surface area contributed by atoms with Gasteiger partial charge in [-0.3, -0.25) is 0 Å². The first-order valence-electron chi connectivity index (χ1n) is 8.35. The third-order valence-corrected chi connectivity index (χ3v) is 6.70. The lowest BCUT2D eigenvalue weighted by Gasteiger charge is -2.28. The molecule has 1 aliphatic carbocycles. The molecule has 118 valence electrons. The zero-order valence-electron chi connectivity index (χ0n) is 12.8. The van der Waals surface area contributed by atoms with E-state index in [2.05, 4.69) is 12.2 Å². The Morgan fingerprint density at radius 2 is 1.85 bits per heavy atom. The van der Waals surface area contributed by atoms with E-state index in [-0.39, 0.29) is 0 Å². The number of nitrogens with one attached hydrogen (secondary N) is 1. The van der Waals surface area contributed by atoms with Crippen LogP contribution in [-0.4, -0.2) is 44.2 Å². The fraction of sp³-hybridized carbons (Fsp3) is 1.00. The van der Waals surface area contributed by atoms with Gasteiger partial charge in [0.25, 0.3) is 0 Å². The van der Waals surface area contributed by atoms with Gasteiger partial charge >= 0.3 is 0 Å². The molecule has 0 aromatic rings. The highest BCUT2D eigenvalue weighted by molar-refractivity contribution is 7.89. The van der Waals surface area contributed by atoms with Crippen molar-refractivity contribution in [3.05, 3.63) is 0 Å². The van der Waals surface area contributed by atoms with Gasteiger partial charge in [0.15, 0.2) is 0 Å². The van der Waals surface area contributed by atoms with Crippen molar-refractivity contribution in [2.75, 3.05) is 25.4 Å². The number of rotatable bonds is 8. The fourth-order valence-electron chi connectivity index (χ4n) is 3.72. The van der Waals surface area contributed by atoms with E-state index in [1.807, 2.05) is 4.31 Å². The summed E-state index contributed by atoms with van der Waals surface area (Å²) in [5.74, 6) is 0.943. The second-order valence-corrected chi connectivity index (χ2v) is 8.33. The molecular weight excluding hydrogens is 272 g/mol. The maximum Gasteiger partial charge on any atom is 0.214 e. The summed E-state index contributed by atoms with van der Waals surface area (Å²) in [5, 5.41) is 3.28. The summed E-state index contributed by atoms with van der Waals surface area (Å²) < 4.78 is 26.9. The van der Waals surface area contributed by atoms with E-state index in [4.69, 9.17) is 0 Å². The maximum absolute atomic E-state index is 12.5. The zero-order valence-corrected chi connectivity index (χ0v) is 13.6. The van der Waals surface area contributed by atoms with Crippen molar-refractivity contribution in [3.63, 3.8) is 0 Å². The van der Waals surface area contributed by atoms with E-state index < -0.39 is 10.0 Å². The third kappa shape index (κ3) is 4.18. The minimum absolute atomic E-state index is 0.311. The number of hydrogen-bond acceptors (Lipinski definition) is 3. The van der Waals surface area contributed by atoms with Gasteiger partial charge in [0.05, 0.1) is 5.75 Å². The monoisotopic (exact) mass is 302 g/mol. The Bertz CT molecular complexity index is 377. The Labute approximate surface area is 124 Å². The first-order chi connectivity index (χ1) is 9.65. The van der Waals surface area contributed by atoms with Crippen LogP contribution in [0.1, 0.15) is 58.3 Å². The highest BCUT2D eigenvalue weighted by Crippen LogP contribution is 2.36. The summed E-state index contributed by atoms with van der Waals surface area (Å²) in [6.45, 7) is 4.68. The van der Waals surface area contributed by atoms with Crippen molar-refractivity contribution in [1.82, 2.24) is 9.62 Å². The smallest absolute Gasteiger partial charge is 0.214 e. The molecule has 5 heteroatoms. The molecule has 0 spiro atoms. The molecule has 1 aliphatic heterocycles. The van der Waals surface area contributed by atoms with Crippen LogP contribution in [0.5, 0.6) is 0 Å². The predicted octanol–water partition coefficient (Wildman–Crippen LogP) is 2.36. The third-order valence-electron chi connectivity index (χ3n) is 4.73. The van der Waals surface area contributed by atoms with Crippen LogP contribution in [0.3, 0.4) is 0 Å². The van der Waals surface area contributed by atoms with Crippen molar-refractivity contribution >= 4 is 10.0 Å². The summed E-state index contributed by atoms with van der Waals surface area (Å²) in [4.78, 5) is 0. The Balaban J connectivity index is 1.84. The quantitative estimate of drug-likeness (QED) is 0.700. The van der Waals surface area contributed by atoms with Crippen molar-refractivity contribution < 1.29 is 8.42 Å². The van der Waals surface area contributed by atoms with Gasteiger partial charge < -0.3 is 5.32 Å². The average molecular weight is 302 g/mol. The summed E-state index contributed by atoms with van der Waals surface area (Å²) >= 11 is 0. The van der Waals surface area contributed by atoms with Crippen LogP contribution in [0.15, 0.2) is 0 Å². The molecule has 1 saturated carbocycles. The molecule has 0 radical (unpaired) electrons. The van der Waals surface area contributed by atoms with E-state index in [1.165, 1.54) is 25.7 Å². The average Bonchev–Trinajstić information content (AvgIpc) is 3.09. The van der Waals surface area contributed by atoms with Crippen LogP contribution >= 0.6 is 0 Å². The van der Waals surface area contributed by atoms with Crippen molar-refractivity contribution in [2.45, 2.75) is 64.3 Å². The molecule has 0 bridgehead atoms. The first-order valence-corrected chi connectivity index (χ1v) is 9.96. The van der Waals surface area contributed by atoms with Gasteiger partial charge in [-0.2, -0.15) is 4.31 Å². The van der Waals surface area contributed by atoms with E-state index >= 15 is 0 Å². The molecule has 4 nitrogen and oxygen atoms in total. The Kier molecular flexibility index (Phi) is 6.30. The second-order valence-electron chi connectivity index (χ2n) is 6.28. The van der Waals surface area contributed by atoms with Gasteiger partial charge in [-0.25, -0.2) is 8.42 Å². The zero-order chi connectivity index (χ0) is 14.4. The lowest BCUT2D eigenvalue weighted by Crippen LogP contribution is -2.41. The van der Waals surface area contributed by atoms with Gasteiger partial charge in [-0.1, -0.05) is 19.8 Å². The van der Waals surface area contributed by atoms with E-state index in [0.717, 1.165) is 45.3 Å². The molecule has 1 unspecified atom stereocenters. The lowest BCUT2D eigenvalue weighted by atomic mass is 9.97. The van der Waals surface area contributed by atoms with Crippen molar-refractivity contribution in [1.29, 1.82) is 0 Å². The van der Waals surface area contributed by atoms with Crippen LogP contribution in [-0.2, 0) is 10.0 Å². The Morgan fingerprint density at radius 3 is 2.55 bits per heavy atom. The van der Waals surface area contributed by atoms with Gasteiger partial charge in [0, 0.05) is 12.6 Å². The van der Waals surface area contributed by atoms with E-state index in [0.29, 0.717) is 17.7 Å². The van der Waals surface area contributed by atoms with Crippen LogP contribution in [0.4, 0.5) is 0 Å². The molecule has 1 saturated heterocycles. The predicted molar refractivity (Wildman–Crippen MR) is 83.3 cm³/mol. The van der Waals surface area contributed by atoms with Crippen molar-refractivity contribution in [2.24, 2.45) is 5.92 Å². The number of sulfonamides is 1. The SMILES string of the molecule is CCCNCCCS(=O)(=O)N1CCCC1C1CCCC1. The second kappa shape index (κ2) is 7.76. The molecule has 1 atom stereocenters. The molecule has 20 heavy (non-hydrogen) atoms. The lowest BCUT2D eigenvalue weighted by molar-refractivity contribution is 0.288. The summed E-state index contributed by atoms with van der Waals surface area (Å²) in [5.41, 5.74) is 0. The van der Waals surface area contributed by atoms with Crippen LogP contribution in [0.25, 0.3) is 0 Å². The molecular formula is C15H30N2O2S. The minimum Gasteiger partial charge on any atom is -0.317 e. The van der Waals surface area contributed by atoms with Gasteiger partial charge in [0.2, 0.25) is 10.0 Å². The van der Waals surface area contributed by atoms with Gasteiger partial charge in [0.1, 0.15) is 0 Å². The van der Waals surface area contributed by atoms with Gasteiger partial charge in [-0.15, -0.1) is 0 Å². The first kappa shape index (κ1) is 16.2. The molecule has 2 rings (SSSR count). The van der Waals surface area contributed by atoms with E-state index in [9.17, 15) is 8.42 Å². The molecule has 0 aromatic heterocycles. The summed E-state index contributed by atoms with van der Waals surface area (Å²) in [7, 11) is -3.04. The number of nitrogens with zero attached hydrogens (tertiary/aromatic N) is 1. The molecule has 2 aliphatic rings. The van der Waals surface area contributed by atoms with Crippen LogP contribution in [0, 0.1) is 5.92 Å². The maximum atomic E-state index is 12.5. The van der Waals surface area contributed by atoms with Crippen LogP contribution in [0.2, 0.25) is 0 Å². The molecule has 1 heterocycles. The molecule has 1 N–H and O–H groups in total.